The van der Waals surface area contributed by atoms with E-state index in [1.165, 1.54) is 50.0 Å². The minimum atomic E-state index is -1.82. The van der Waals surface area contributed by atoms with Crippen LogP contribution in [0.15, 0.2) is 60.7 Å². The summed E-state index contributed by atoms with van der Waals surface area (Å²) < 4.78 is 5.61. The Bertz CT molecular complexity index is 791. The Morgan fingerprint density at radius 3 is 2.03 bits per heavy atom. The van der Waals surface area contributed by atoms with E-state index >= 15 is 0 Å². The second kappa shape index (κ2) is 15.1. The van der Waals surface area contributed by atoms with Crippen LogP contribution >= 0.6 is 0 Å². The molecule has 0 saturated carbocycles. The van der Waals surface area contributed by atoms with Crippen LogP contribution in [-0.2, 0) is 14.3 Å². The quantitative estimate of drug-likeness (QED) is 0.470. The van der Waals surface area contributed by atoms with Crippen LogP contribution in [0.25, 0.3) is 0 Å². The van der Waals surface area contributed by atoms with Crippen LogP contribution in [-0.4, -0.2) is 65.9 Å². The first-order chi connectivity index (χ1) is 16.5. The Balaban J connectivity index is 0.000000604. The average molecular weight is 471 g/mol. The number of piperidine rings is 1. The minimum absolute atomic E-state index is 0.411. The van der Waals surface area contributed by atoms with Gasteiger partial charge in [-0.3, -0.25) is 4.90 Å². The number of carboxylic acid groups (broad SMARTS) is 2. The molecule has 0 bridgehead atoms. The largest absolute Gasteiger partial charge is 0.473 e. The van der Waals surface area contributed by atoms with E-state index in [-0.39, 0.29) is 0 Å². The van der Waals surface area contributed by atoms with Crippen LogP contribution in [0.4, 0.5) is 11.4 Å². The van der Waals surface area contributed by atoms with Crippen molar-refractivity contribution in [1.29, 1.82) is 0 Å². The summed E-state index contributed by atoms with van der Waals surface area (Å²) in [5.41, 5.74) is 2.54. The smallest absolute Gasteiger partial charge is 0.414 e. The second-order valence-corrected chi connectivity index (χ2v) is 8.46. The number of nitrogens with zero attached hydrogens (tertiary/aromatic N) is 2. The summed E-state index contributed by atoms with van der Waals surface area (Å²) in [6.07, 6.45) is 7.98. The number of likely N-dealkylation sites (tertiary alicyclic amines) is 1. The molecule has 0 aromatic heterocycles. The van der Waals surface area contributed by atoms with Gasteiger partial charge in [0.15, 0.2) is 0 Å². The maximum Gasteiger partial charge on any atom is 0.414 e. The number of methoxy groups -OCH3 is 1. The number of benzene rings is 2. The SMILES string of the molecule is CCC(CCC1CCCCN1CCN(c1ccccc1)c1ccccc1)OC.O=C(O)C(=O)O. The Kier molecular flexibility index (Phi) is 12.1. The van der Waals surface area contributed by atoms with Crippen molar-refractivity contribution < 1.29 is 24.5 Å². The molecule has 0 spiro atoms. The second-order valence-electron chi connectivity index (χ2n) is 8.46. The molecule has 1 saturated heterocycles. The van der Waals surface area contributed by atoms with Gasteiger partial charge in [0.05, 0.1) is 6.10 Å². The highest BCUT2D eigenvalue weighted by atomic mass is 16.5. The molecule has 2 N–H and O–H groups in total. The topological polar surface area (TPSA) is 90.3 Å². The summed E-state index contributed by atoms with van der Waals surface area (Å²) >= 11 is 0. The zero-order chi connectivity index (χ0) is 24.8. The van der Waals surface area contributed by atoms with Gasteiger partial charge in [-0.15, -0.1) is 0 Å². The van der Waals surface area contributed by atoms with Crippen LogP contribution in [0.3, 0.4) is 0 Å². The van der Waals surface area contributed by atoms with Gasteiger partial charge in [-0.2, -0.15) is 0 Å². The van der Waals surface area contributed by atoms with Crippen LogP contribution in [0, 0.1) is 0 Å². The zero-order valence-electron chi connectivity index (χ0n) is 20.3. The Hall–Kier alpha value is -2.90. The van der Waals surface area contributed by atoms with Crippen molar-refractivity contribution >= 4 is 23.3 Å². The first-order valence-electron chi connectivity index (χ1n) is 12.1. The third kappa shape index (κ3) is 9.15. The average Bonchev–Trinajstić information content (AvgIpc) is 2.87. The van der Waals surface area contributed by atoms with E-state index in [4.69, 9.17) is 24.5 Å². The first kappa shape index (κ1) is 27.3. The normalized spacial score (nSPS) is 16.7. The summed E-state index contributed by atoms with van der Waals surface area (Å²) in [4.78, 5) is 23.4. The lowest BCUT2D eigenvalue weighted by Gasteiger charge is -2.38. The van der Waals surface area contributed by atoms with Gasteiger partial charge >= 0.3 is 11.9 Å². The van der Waals surface area contributed by atoms with Gasteiger partial charge in [-0.25, -0.2) is 9.59 Å². The highest BCUT2D eigenvalue weighted by Crippen LogP contribution is 2.27. The van der Waals surface area contributed by atoms with Gasteiger partial charge in [0, 0.05) is 37.6 Å². The van der Waals surface area contributed by atoms with E-state index in [1.54, 1.807) is 0 Å². The molecule has 0 radical (unpaired) electrons. The molecule has 0 amide bonds. The van der Waals surface area contributed by atoms with Crippen molar-refractivity contribution in [2.24, 2.45) is 0 Å². The molecular weight excluding hydrogens is 432 g/mol. The van der Waals surface area contributed by atoms with Gasteiger partial charge in [-0.1, -0.05) is 49.7 Å². The van der Waals surface area contributed by atoms with Crippen molar-refractivity contribution in [3.05, 3.63) is 60.7 Å². The van der Waals surface area contributed by atoms with Crippen LogP contribution in [0.2, 0.25) is 0 Å². The van der Waals surface area contributed by atoms with E-state index in [9.17, 15) is 0 Å². The van der Waals surface area contributed by atoms with Crippen molar-refractivity contribution in [1.82, 2.24) is 4.90 Å². The molecule has 34 heavy (non-hydrogen) atoms. The lowest BCUT2D eigenvalue weighted by atomic mass is 9.96. The number of carbonyl (C=O) groups is 2. The summed E-state index contributed by atoms with van der Waals surface area (Å²) in [5, 5.41) is 14.8. The fourth-order valence-corrected chi connectivity index (χ4v) is 4.40. The fourth-order valence-electron chi connectivity index (χ4n) is 4.40. The zero-order valence-corrected chi connectivity index (χ0v) is 20.3. The molecular formula is C27H38N2O5. The summed E-state index contributed by atoms with van der Waals surface area (Å²) in [6.45, 7) is 5.58. The fraction of sp³-hybridized carbons (Fsp3) is 0.481. The number of anilines is 2. The highest BCUT2D eigenvalue weighted by Gasteiger charge is 2.24. The molecule has 2 aromatic carbocycles. The molecule has 1 aliphatic heterocycles. The predicted octanol–water partition coefficient (Wildman–Crippen LogP) is 5.04. The van der Waals surface area contributed by atoms with E-state index in [0.29, 0.717) is 12.1 Å². The molecule has 7 nitrogen and oxygen atoms in total. The number of ether oxygens (including phenoxy) is 1. The van der Waals surface area contributed by atoms with Crippen LogP contribution in [0.1, 0.15) is 45.4 Å². The molecule has 0 aliphatic carbocycles. The Morgan fingerprint density at radius 1 is 1.00 bits per heavy atom. The van der Waals surface area contributed by atoms with E-state index in [2.05, 4.69) is 77.4 Å². The molecule has 2 aromatic rings. The maximum absolute atomic E-state index is 9.10. The molecule has 2 unspecified atom stereocenters. The third-order valence-electron chi connectivity index (χ3n) is 6.29. The van der Waals surface area contributed by atoms with Gasteiger partial charge in [0.25, 0.3) is 0 Å². The van der Waals surface area contributed by atoms with Crippen molar-refractivity contribution in [3.63, 3.8) is 0 Å². The number of hydrogen-bond donors (Lipinski definition) is 2. The lowest BCUT2D eigenvalue weighted by Crippen LogP contribution is -2.43. The van der Waals surface area contributed by atoms with Crippen molar-refractivity contribution in [2.45, 2.75) is 57.6 Å². The monoisotopic (exact) mass is 470 g/mol. The summed E-state index contributed by atoms with van der Waals surface area (Å²) in [7, 11) is 1.85. The predicted molar refractivity (Wildman–Crippen MR) is 135 cm³/mol. The van der Waals surface area contributed by atoms with Gasteiger partial charge in [0.1, 0.15) is 0 Å². The van der Waals surface area contributed by atoms with Gasteiger partial charge in [-0.05, 0) is 62.9 Å². The number of hydrogen-bond acceptors (Lipinski definition) is 5. The van der Waals surface area contributed by atoms with E-state index < -0.39 is 11.9 Å². The third-order valence-corrected chi connectivity index (χ3v) is 6.29. The summed E-state index contributed by atoms with van der Waals surface area (Å²) in [6, 6.07) is 22.3. The summed E-state index contributed by atoms with van der Waals surface area (Å²) in [5.74, 6) is -3.65. The van der Waals surface area contributed by atoms with Crippen LogP contribution < -0.4 is 4.90 Å². The molecule has 1 aliphatic rings. The molecule has 2 atom stereocenters. The van der Waals surface area contributed by atoms with Crippen LogP contribution in [0.5, 0.6) is 0 Å². The lowest BCUT2D eigenvalue weighted by molar-refractivity contribution is -0.159. The van der Waals surface area contributed by atoms with Gasteiger partial charge < -0.3 is 19.8 Å². The molecule has 1 heterocycles. The number of carboxylic acids is 2. The number of aliphatic carboxylic acids is 2. The molecule has 7 heteroatoms. The molecule has 1 fully saturated rings. The molecule has 186 valence electrons. The first-order valence-corrected chi connectivity index (χ1v) is 12.1. The highest BCUT2D eigenvalue weighted by molar-refractivity contribution is 6.27. The molecule has 3 rings (SSSR count). The number of para-hydroxylation sites is 2. The van der Waals surface area contributed by atoms with Crippen molar-refractivity contribution in [3.8, 4) is 0 Å². The van der Waals surface area contributed by atoms with E-state index in [0.717, 1.165) is 19.5 Å². The Morgan fingerprint density at radius 2 is 1.56 bits per heavy atom. The van der Waals surface area contributed by atoms with Gasteiger partial charge in [0.2, 0.25) is 0 Å². The number of rotatable bonds is 10. The standard InChI is InChI=1S/C25H36N2O.C2H2O4/c1-3-25(28-2)18-17-22-12-10-11-19-26(22)20-21-27(23-13-6-4-7-14-23)24-15-8-5-9-16-24;3-1(4)2(5)6/h4-9,13-16,22,25H,3,10-12,17-21H2,1-2H3;(H,3,4)(H,5,6). The van der Waals surface area contributed by atoms with E-state index in [1.807, 2.05) is 7.11 Å². The maximum atomic E-state index is 9.10. The Labute approximate surface area is 203 Å². The van der Waals surface area contributed by atoms with Crippen molar-refractivity contribution in [2.75, 3.05) is 31.6 Å². The minimum Gasteiger partial charge on any atom is -0.473 e.